The van der Waals surface area contributed by atoms with Crippen molar-refractivity contribution < 1.29 is 18.0 Å². The Hall–Kier alpha value is -2.87. The van der Waals surface area contributed by atoms with Crippen LogP contribution in [0.1, 0.15) is 33.3 Å². The van der Waals surface area contributed by atoms with Crippen LogP contribution in [0.25, 0.3) is 11.1 Å². The molecule has 4 heterocycles. The number of nitrogens with zero attached hydrogens (tertiary/aromatic N) is 2. The van der Waals surface area contributed by atoms with Crippen LogP contribution in [0.3, 0.4) is 0 Å². The Kier molecular flexibility index (Phi) is 4.77. The van der Waals surface area contributed by atoms with Gasteiger partial charge in [0.25, 0.3) is 11.5 Å². The number of hydrogen-bond acceptors (Lipinski definition) is 3. The Bertz CT molecular complexity index is 1200. The van der Waals surface area contributed by atoms with Crippen LogP contribution in [0, 0.1) is 5.92 Å². The van der Waals surface area contributed by atoms with Gasteiger partial charge in [-0.15, -0.1) is 11.3 Å². The van der Waals surface area contributed by atoms with Crippen molar-refractivity contribution in [1.82, 2.24) is 9.47 Å². The number of aromatic nitrogens is 1. The SMILES string of the molecule is O=C(c1cccs1)N1C[C@H]2C[C@H](C1)c1ccc(-c3cccc(C(F)(F)F)c3)c(=O)n1C2. The molecular formula is C23H19F3N2O2S. The summed E-state index contributed by atoms with van der Waals surface area (Å²) in [6.07, 6.45) is -3.56. The van der Waals surface area contributed by atoms with Gasteiger partial charge in [-0.25, -0.2) is 0 Å². The molecule has 0 unspecified atom stereocenters. The highest BCUT2D eigenvalue weighted by atomic mass is 32.1. The van der Waals surface area contributed by atoms with E-state index >= 15 is 0 Å². The van der Waals surface area contributed by atoms with Gasteiger partial charge in [-0.2, -0.15) is 13.2 Å². The van der Waals surface area contributed by atoms with E-state index in [9.17, 15) is 22.8 Å². The molecule has 0 N–H and O–H groups in total. The topological polar surface area (TPSA) is 42.3 Å². The lowest BCUT2D eigenvalue weighted by Crippen LogP contribution is -2.49. The molecule has 31 heavy (non-hydrogen) atoms. The number of hydrogen-bond donors (Lipinski definition) is 0. The van der Waals surface area contributed by atoms with Crippen LogP contribution in [0.5, 0.6) is 0 Å². The molecule has 1 aromatic carbocycles. The monoisotopic (exact) mass is 444 g/mol. The molecular weight excluding hydrogens is 425 g/mol. The molecule has 8 heteroatoms. The van der Waals surface area contributed by atoms with E-state index in [0.717, 1.165) is 24.2 Å². The van der Waals surface area contributed by atoms with Crippen LogP contribution in [-0.2, 0) is 12.7 Å². The molecule has 160 valence electrons. The summed E-state index contributed by atoms with van der Waals surface area (Å²) in [5.74, 6) is 0.199. The molecule has 1 saturated heterocycles. The third-order valence-corrected chi connectivity index (χ3v) is 6.98. The number of carbonyl (C=O) groups excluding carboxylic acids is 1. The van der Waals surface area contributed by atoms with E-state index in [-0.39, 0.29) is 34.4 Å². The molecule has 0 spiro atoms. The smallest absolute Gasteiger partial charge is 0.337 e. The van der Waals surface area contributed by atoms with Gasteiger partial charge in [0.2, 0.25) is 0 Å². The second kappa shape index (κ2) is 7.37. The van der Waals surface area contributed by atoms with E-state index in [4.69, 9.17) is 0 Å². The van der Waals surface area contributed by atoms with E-state index in [1.165, 1.54) is 23.5 Å². The Balaban J connectivity index is 1.48. The molecule has 2 aromatic heterocycles. The lowest BCUT2D eigenvalue weighted by atomic mass is 9.82. The molecule has 1 amide bonds. The molecule has 1 fully saturated rings. The summed E-state index contributed by atoms with van der Waals surface area (Å²) in [7, 11) is 0. The summed E-state index contributed by atoms with van der Waals surface area (Å²) >= 11 is 1.42. The van der Waals surface area contributed by atoms with Crippen molar-refractivity contribution in [3.05, 3.63) is 80.4 Å². The van der Waals surface area contributed by atoms with E-state index < -0.39 is 11.7 Å². The minimum absolute atomic E-state index is 0.0149. The van der Waals surface area contributed by atoms with Crippen LogP contribution >= 0.6 is 11.3 Å². The van der Waals surface area contributed by atoms with E-state index in [1.807, 2.05) is 28.5 Å². The largest absolute Gasteiger partial charge is 0.416 e. The molecule has 2 bridgehead atoms. The van der Waals surface area contributed by atoms with Gasteiger partial charge >= 0.3 is 6.18 Å². The fourth-order valence-corrected chi connectivity index (χ4v) is 5.44. The van der Waals surface area contributed by atoms with Crippen molar-refractivity contribution in [3.8, 4) is 11.1 Å². The number of likely N-dealkylation sites (tertiary alicyclic amines) is 1. The van der Waals surface area contributed by atoms with Gasteiger partial charge in [0.05, 0.1) is 10.4 Å². The quantitative estimate of drug-likeness (QED) is 0.567. The van der Waals surface area contributed by atoms with Gasteiger partial charge in [-0.3, -0.25) is 9.59 Å². The Labute approximate surface area is 180 Å². The van der Waals surface area contributed by atoms with Crippen LogP contribution in [0.15, 0.2) is 58.7 Å². The highest BCUT2D eigenvalue weighted by Gasteiger charge is 2.37. The van der Waals surface area contributed by atoms with Crippen molar-refractivity contribution in [2.45, 2.75) is 25.1 Å². The molecule has 4 nitrogen and oxygen atoms in total. The van der Waals surface area contributed by atoms with Gasteiger partial charge in [-0.05, 0) is 53.6 Å². The number of rotatable bonds is 2. The zero-order valence-electron chi connectivity index (χ0n) is 16.4. The summed E-state index contributed by atoms with van der Waals surface area (Å²) in [6.45, 7) is 1.58. The molecule has 0 saturated carbocycles. The molecule has 0 radical (unpaired) electrons. The molecule has 2 aliphatic rings. The van der Waals surface area contributed by atoms with Crippen molar-refractivity contribution >= 4 is 17.2 Å². The number of fused-ring (bicyclic) bond motifs is 4. The van der Waals surface area contributed by atoms with E-state index in [2.05, 4.69) is 0 Å². The molecule has 0 aliphatic carbocycles. The van der Waals surface area contributed by atoms with Crippen LogP contribution < -0.4 is 5.56 Å². The summed E-state index contributed by atoms with van der Waals surface area (Å²) in [5, 5.41) is 1.88. The van der Waals surface area contributed by atoms with Gasteiger partial charge < -0.3 is 9.47 Å². The highest BCUT2D eigenvalue weighted by molar-refractivity contribution is 7.12. The first-order valence-electron chi connectivity index (χ1n) is 10.1. The Morgan fingerprint density at radius 2 is 1.87 bits per heavy atom. The third kappa shape index (κ3) is 3.59. The minimum Gasteiger partial charge on any atom is -0.337 e. The average molecular weight is 444 g/mol. The van der Waals surface area contributed by atoms with Crippen molar-refractivity contribution in [2.75, 3.05) is 13.1 Å². The van der Waals surface area contributed by atoms with Crippen molar-refractivity contribution in [2.24, 2.45) is 5.92 Å². The number of halogens is 3. The Morgan fingerprint density at radius 1 is 1.03 bits per heavy atom. The maximum absolute atomic E-state index is 13.2. The van der Waals surface area contributed by atoms with Gasteiger partial charge in [0.15, 0.2) is 0 Å². The summed E-state index contributed by atoms with van der Waals surface area (Å²) in [4.78, 5) is 28.6. The zero-order chi connectivity index (χ0) is 21.8. The second-order valence-corrected chi connectivity index (χ2v) is 9.10. The lowest BCUT2D eigenvalue weighted by Gasteiger charge is -2.42. The fourth-order valence-electron chi connectivity index (χ4n) is 4.75. The van der Waals surface area contributed by atoms with Gasteiger partial charge in [-0.1, -0.05) is 18.2 Å². The summed E-state index contributed by atoms with van der Waals surface area (Å²) < 4.78 is 41.0. The van der Waals surface area contributed by atoms with Crippen LogP contribution in [-0.4, -0.2) is 28.5 Å². The van der Waals surface area contributed by atoms with Crippen molar-refractivity contribution in [1.29, 1.82) is 0 Å². The lowest BCUT2D eigenvalue weighted by molar-refractivity contribution is -0.137. The Morgan fingerprint density at radius 3 is 2.61 bits per heavy atom. The van der Waals surface area contributed by atoms with E-state index in [0.29, 0.717) is 24.5 Å². The number of piperidine rings is 1. The van der Waals surface area contributed by atoms with Gasteiger partial charge in [0.1, 0.15) is 0 Å². The number of carbonyl (C=O) groups is 1. The summed E-state index contributed by atoms with van der Waals surface area (Å²) in [5.41, 5.74) is 0.332. The zero-order valence-corrected chi connectivity index (χ0v) is 17.2. The molecule has 3 aromatic rings. The molecule has 5 rings (SSSR count). The second-order valence-electron chi connectivity index (χ2n) is 8.15. The van der Waals surface area contributed by atoms with E-state index in [1.54, 1.807) is 10.6 Å². The average Bonchev–Trinajstić information content (AvgIpc) is 3.28. The number of benzene rings is 1. The summed E-state index contributed by atoms with van der Waals surface area (Å²) in [6, 6.07) is 12.0. The number of amides is 1. The number of pyridine rings is 1. The first kappa shape index (κ1) is 20.1. The van der Waals surface area contributed by atoms with Crippen molar-refractivity contribution in [3.63, 3.8) is 0 Å². The maximum atomic E-state index is 13.2. The van der Waals surface area contributed by atoms with Gasteiger partial charge in [0, 0.05) is 36.8 Å². The predicted molar refractivity (Wildman–Crippen MR) is 112 cm³/mol. The first-order valence-corrected chi connectivity index (χ1v) is 10.9. The van der Waals surface area contributed by atoms with Crippen LogP contribution in [0.2, 0.25) is 0 Å². The predicted octanol–water partition coefficient (Wildman–Crippen LogP) is 4.86. The molecule has 2 aliphatic heterocycles. The highest BCUT2D eigenvalue weighted by Crippen LogP contribution is 2.37. The third-order valence-electron chi connectivity index (χ3n) is 6.12. The normalized spacial score (nSPS) is 20.4. The maximum Gasteiger partial charge on any atom is 0.416 e. The van der Waals surface area contributed by atoms with Crippen LogP contribution in [0.4, 0.5) is 13.2 Å². The number of alkyl halides is 3. The molecule has 2 atom stereocenters. The standard InChI is InChI=1S/C23H19F3N2O2S/c24-23(25,26)17-4-1-3-15(10-17)18-6-7-19-16-9-14(12-28(19)21(18)29)11-27(13-16)22(30)20-5-2-8-31-20/h1-8,10,14,16H,9,11-13H2/t14-,16-/m1/s1. The first-order chi connectivity index (χ1) is 14.8. The fraction of sp³-hybridized carbons (Fsp3) is 0.304. The number of thiophene rings is 1. The minimum atomic E-state index is -4.46.